The zero-order chi connectivity index (χ0) is 13.5. The molecular weight excluding hydrogens is 262 g/mol. The summed E-state index contributed by atoms with van der Waals surface area (Å²) in [6.07, 6.45) is 1.68. The zero-order valence-corrected chi connectivity index (χ0v) is 11.7. The second-order valence-electron chi connectivity index (χ2n) is 4.34. The Morgan fingerprint density at radius 3 is 2.84 bits per heavy atom. The summed E-state index contributed by atoms with van der Waals surface area (Å²) in [4.78, 5) is 0. The summed E-state index contributed by atoms with van der Waals surface area (Å²) in [6.45, 7) is 4.01. The summed E-state index contributed by atoms with van der Waals surface area (Å²) in [7, 11) is 0. The first-order valence-corrected chi connectivity index (χ1v) is 6.73. The minimum atomic E-state index is 0.193. The lowest BCUT2D eigenvalue weighted by Gasteiger charge is -2.11. The van der Waals surface area contributed by atoms with Crippen molar-refractivity contribution in [1.82, 2.24) is 5.32 Å². The Morgan fingerprint density at radius 1 is 1.26 bits per heavy atom. The molecule has 4 heteroatoms. The van der Waals surface area contributed by atoms with Gasteiger partial charge in [-0.25, -0.2) is 0 Å². The standard InChI is InChI=1S/C15H18ClNO2/c1-12(15-7-4-9-19-15)17-8-10-18-11-13-5-2-3-6-14(13)16/h2-7,9,12,17H,8,10-11H2,1H3. The number of ether oxygens (including phenoxy) is 1. The molecule has 1 aromatic carbocycles. The maximum absolute atomic E-state index is 6.05. The van der Waals surface area contributed by atoms with Gasteiger partial charge in [-0.2, -0.15) is 0 Å². The molecule has 1 atom stereocenters. The molecule has 0 amide bonds. The minimum absolute atomic E-state index is 0.193. The molecule has 1 unspecified atom stereocenters. The van der Waals surface area contributed by atoms with E-state index < -0.39 is 0 Å². The molecule has 0 aliphatic carbocycles. The van der Waals surface area contributed by atoms with Crippen LogP contribution < -0.4 is 5.32 Å². The molecular formula is C15H18ClNO2. The average Bonchev–Trinajstić information content (AvgIpc) is 2.94. The van der Waals surface area contributed by atoms with Crippen molar-refractivity contribution in [2.45, 2.75) is 19.6 Å². The highest BCUT2D eigenvalue weighted by Crippen LogP contribution is 2.15. The number of furan rings is 1. The third-order valence-electron chi connectivity index (χ3n) is 2.88. The Kier molecular flexibility index (Phi) is 5.45. The van der Waals surface area contributed by atoms with E-state index in [0.717, 1.165) is 22.9 Å². The van der Waals surface area contributed by atoms with Gasteiger partial charge in [-0.15, -0.1) is 0 Å². The predicted molar refractivity (Wildman–Crippen MR) is 76.2 cm³/mol. The lowest BCUT2D eigenvalue weighted by Crippen LogP contribution is -2.22. The first-order chi connectivity index (χ1) is 9.27. The summed E-state index contributed by atoms with van der Waals surface area (Å²) in [6, 6.07) is 11.8. The van der Waals surface area contributed by atoms with Crippen molar-refractivity contribution < 1.29 is 9.15 Å². The summed E-state index contributed by atoms with van der Waals surface area (Å²) in [5.74, 6) is 0.936. The van der Waals surface area contributed by atoms with Crippen LogP contribution in [0, 0.1) is 0 Å². The quantitative estimate of drug-likeness (QED) is 0.783. The molecule has 1 N–H and O–H groups in total. The first kappa shape index (κ1) is 14.1. The molecule has 3 nitrogen and oxygen atoms in total. The number of halogens is 1. The van der Waals surface area contributed by atoms with Crippen LogP contribution in [-0.4, -0.2) is 13.2 Å². The van der Waals surface area contributed by atoms with Crippen LogP contribution in [0.1, 0.15) is 24.3 Å². The van der Waals surface area contributed by atoms with Crippen molar-refractivity contribution in [1.29, 1.82) is 0 Å². The van der Waals surface area contributed by atoms with E-state index in [1.54, 1.807) is 6.26 Å². The van der Waals surface area contributed by atoms with Gasteiger partial charge in [0.05, 0.1) is 25.5 Å². The highest BCUT2D eigenvalue weighted by Gasteiger charge is 2.06. The van der Waals surface area contributed by atoms with Crippen molar-refractivity contribution in [2.75, 3.05) is 13.2 Å². The van der Waals surface area contributed by atoms with E-state index in [4.69, 9.17) is 20.8 Å². The van der Waals surface area contributed by atoms with Crippen LogP contribution in [-0.2, 0) is 11.3 Å². The SMILES string of the molecule is CC(NCCOCc1ccccc1Cl)c1ccco1. The fourth-order valence-electron chi connectivity index (χ4n) is 1.78. The molecule has 0 aliphatic heterocycles. The van der Waals surface area contributed by atoms with E-state index in [9.17, 15) is 0 Å². The maximum Gasteiger partial charge on any atom is 0.120 e. The number of rotatable bonds is 7. The van der Waals surface area contributed by atoms with Crippen molar-refractivity contribution in [3.63, 3.8) is 0 Å². The topological polar surface area (TPSA) is 34.4 Å². The van der Waals surface area contributed by atoms with E-state index in [-0.39, 0.29) is 6.04 Å². The van der Waals surface area contributed by atoms with Gasteiger partial charge in [0.2, 0.25) is 0 Å². The average molecular weight is 280 g/mol. The number of hydrogen-bond acceptors (Lipinski definition) is 3. The Hall–Kier alpha value is -1.29. The molecule has 0 bridgehead atoms. The van der Waals surface area contributed by atoms with Gasteiger partial charge < -0.3 is 14.5 Å². The van der Waals surface area contributed by atoms with Crippen molar-refractivity contribution >= 4 is 11.6 Å². The van der Waals surface area contributed by atoms with Gasteiger partial charge in [-0.1, -0.05) is 29.8 Å². The molecule has 0 spiro atoms. The highest BCUT2D eigenvalue weighted by atomic mass is 35.5. The normalized spacial score (nSPS) is 12.5. The van der Waals surface area contributed by atoms with E-state index in [1.165, 1.54) is 0 Å². The molecule has 2 aromatic rings. The molecule has 0 saturated heterocycles. The molecule has 0 aliphatic rings. The fourth-order valence-corrected chi connectivity index (χ4v) is 1.97. The van der Waals surface area contributed by atoms with E-state index in [0.29, 0.717) is 13.2 Å². The van der Waals surface area contributed by atoms with Gasteiger partial charge in [-0.3, -0.25) is 0 Å². The molecule has 19 heavy (non-hydrogen) atoms. The van der Waals surface area contributed by atoms with Crippen LogP contribution >= 0.6 is 11.6 Å². The second-order valence-corrected chi connectivity index (χ2v) is 4.74. The molecule has 2 rings (SSSR count). The highest BCUT2D eigenvalue weighted by molar-refractivity contribution is 6.31. The second kappa shape index (κ2) is 7.34. The van der Waals surface area contributed by atoms with Crippen LogP contribution in [0.2, 0.25) is 5.02 Å². The van der Waals surface area contributed by atoms with Crippen molar-refractivity contribution in [3.05, 3.63) is 59.0 Å². The number of nitrogens with one attached hydrogen (secondary N) is 1. The smallest absolute Gasteiger partial charge is 0.120 e. The zero-order valence-electron chi connectivity index (χ0n) is 10.9. The lowest BCUT2D eigenvalue weighted by atomic mass is 10.2. The number of hydrogen-bond donors (Lipinski definition) is 1. The van der Waals surface area contributed by atoms with Gasteiger partial charge in [0.25, 0.3) is 0 Å². The Balaban J connectivity index is 1.64. The Labute approximate surface area is 118 Å². The molecule has 1 heterocycles. The summed E-state index contributed by atoms with van der Waals surface area (Å²) in [5.41, 5.74) is 1.02. The van der Waals surface area contributed by atoms with Crippen LogP contribution in [0.15, 0.2) is 47.1 Å². The van der Waals surface area contributed by atoms with Crippen molar-refractivity contribution in [3.8, 4) is 0 Å². The number of benzene rings is 1. The van der Waals surface area contributed by atoms with Gasteiger partial charge in [0, 0.05) is 11.6 Å². The minimum Gasteiger partial charge on any atom is -0.468 e. The third-order valence-corrected chi connectivity index (χ3v) is 3.25. The lowest BCUT2D eigenvalue weighted by molar-refractivity contribution is 0.120. The van der Waals surface area contributed by atoms with E-state index in [2.05, 4.69) is 12.2 Å². The monoisotopic (exact) mass is 279 g/mol. The molecule has 0 radical (unpaired) electrons. The van der Waals surface area contributed by atoms with Crippen LogP contribution in [0.4, 0.5) is 0 Å². The molecule has 0 saturated carbocycles. The molecule has 102 valence electrons. The molecule has 0 fully saturated rings. The van der Waals surface area contributed by atoms with Crippen LogP contribution in [0.25, 0.3) is 0 Å². The predicted octanol–water partition coefficient (Wildman–Crippen LogP) is 3.80. The van der Waals surface area contributed by atoms with Gasteiger partial charge in [0.1, 0.15) is 5.76 Å². The molecule has 1 aromatic heterocycles. The third kappa shape index (κ3) is 4.39. The van der Waals surface area contributed by atoms with Crippen LogP contribution in [0.5, 0.6) is 0 Å². The Bertz CT molecular complexity index is 485. The summed E-state index contributed by atoms with van der Waals surface area (Å²) < 4.78 is 10.9. The van der Waals surface area contributed by atoms with E-state index >= 15 is 0 Å². The maximum atomic E-state index is 6.05. The van der Waals surface area contributed by atoms with E-state index in [1.807, 2.05) is 36.4 Å². The van der Waals surface area contributed by atoms with Gasteiger partial charge >= 0.3 is 0 Å². The van der Waals surface area contributed by atoms with Crippen LogP contribution in [0.3, 0.4) is 0 Å². The fraction of sp³-hybridized carbons (Fsp3) is 0.333. The van der Waals surface area contributed by atoms with Crippen molar-refractivity contribution in [2.24, 2.45) is 0 Å². The van der Waals surface area contributed by atoms with Gasteiger partial charge in [-0.05, 0) is 30.7 Å². The summed E-state index contributed by atoms with van der Waals surface area (Å²) in [5, 5.41) is 4.08. The largest absolute Gasteiger partial charge is 0.468 e. The Morgan fingerprint density at radius 2 is 2.11 bits per heavy atom. The first-order valence-electron chi connectivity index (χ1n) is 6.35. The van der Waals surface area contributed by atoms with Gasteiger partial charge in [0.15, 0.2) is 0 Å². The summed E-state index contributed by atoms with van der Waals surface area (Å²) >= 11 is 6.05.